The van der Waals surface area contributed by atoms with E-state index in [1.54, 1.807) is 4.90 Å². The van der Waals surface area contributed by atoms with Crippen LogP contribution in [0.5, 0.6) is 0 Å². The molecule has 2 aliphatic heterocycles. The van der Waals surface area contributed by atoms with Crippen molar-refractivity contribution in [1.29, 1.82) is 0 Å². The van der Waals surface area contributed by atoms with Gasteiger partial charge < -0.3 is 19.2 Å². The van der Waals surface area contributed by atoms with E-state index in [2.05, 4.69) is 29.9 Å². The van der Waals surface area contributed by atoms with Crippen molar-refractivity contribution < 1.29 is 23.9 Å². The molecular weight excluding hydrogens is 494 g/mol. The molecule has 1 aliphatic carbocycles. The number of nitrogens with zero attached hydrogens (tertiary/aromatic N) is 2. The van der Waals surface area contributed by atoms with Crippen LogP contribution >= 0.6 is 0 Å². The quantitative estimate of drug-likeness (QED) is 0.427. The Morgan fingerprint density at radius 2 is 1.67 bits per heavy atom. The third kappa shape index (κ3) is 6.38. The number of anilines is 1. The molecule has 0 aromatic heterocycles. The highest BCUT2D eigenvalue weighted by Gasteiger charge is 2.39. The number of carbonyl (C=O) groups excluding carboxylic acids is 2. The van der Waals surface area contributed by atoms with Crippen molar-refractivity contribution in [2.45, 2.75) is 76.9 Å². The second-order valence-electron chi connectivity index (χ2n) is 11.8. The number of likely N-dealkylation sites (tertiary alicyclic amines) is 1. The van der Waals surface area contributed by atoms with Gasteiger partial charge in [0.1, 0.15) is 5.60 Å². The minimum absolute atomic E-state index is 0.00819. The summed E-state index contributed by atoms with van der Waals surface area (Å²) >= 11 is 0. The number of hydrogen-bond donors (Lipinski definition) is 1. The summed E-state index contributed by atoms with van der Waals surface area (Å²) < 4.78 is 10.5. The van der Waals surface area contributed by atoms with E-state index in [1.807, 2.05) is 56.2 Å². The fraction of sp³-hybridized carbons (Fsp3) is 0.484. The molecule has 2 aromatic rings. The Kier molecular flexibility index (Phi) is 7.84. The van der Waals surface area contributed by atoms with Crippen LogP contribution in [0.2, 0.25) is 0 Å². The van der Waals surface area contributed by atoms with Gasteiger partial charge in [0.2, 0.25) is 0 Å². The summed E-state index contributed by atoms with van der Waals surface area (Å²) in [5.41, 5.74) is 6.71. The minimum Gasteiger partial charge on any atom is -0.469 e. The molecule has 0 spiro atoms. The third-order valence-corrected chi connectivity index (χ3v) is 7.78. The average Bonchev–Trinajstić information content (AvgIpc) is 3.69. The van der Waals surface area contributed by atoms with Gasteiger partial charge in [-0.3, -0.25) is 4.79 Å². The molecule has 3 aliphatic rings. The van der Waals surface area contributed by atoms with Gasteiger partial charge >= 0.3 is 12.1 Å². The van der Waals surface area contributed by atoms with E-state index in [-0.39, 0.29) is 30.4 Å². The lowest BCUT2D eigenvalue weighted by molar-refractivity contribution is -0.141. The number of benzene rings is 2. The Morgan fingerprint density at radius 1 is 1.00 bits per heavy atom. The van der Waals surface area contributed by atoms with E-state index in [1.165, 1.54) is 38.4 Å². The third-order valence-electron chi connectivity index (χ3n) is 7.78. The van der Waals surface area contributed by atoms with Crippen LogP contribution in [-0.4, -0.2) is 36.2 Å². The molecule has 1 saturated carbocycles. The molecule has 2 heterocycles. The van der Waals surface area contributed by atoms with Crippen molar-refractivity contribution in [1.82, 2.24) is 10.5 Å². The lowest BCUT2D eigenvalue weighted by Crippen LogP contribution is -2.37. The standard InChI is InChI=1S/C31H39N3O5/c1-31(2,3)38-30(36)33-19-21(18-29(35)37-4)17-27(33)24-13-15-26(16-14-24)34-20-28(39-32-34)25-11-9-23(10-12-25)22-7-5-6-8-22/h9-16,20-22,27,32H,5-8,17-19H2,1-4H3. The SMILES string of the molecule is COC(=O)CC1CC(c2ccc(N3C=C(c4ccc(C5CCCC5)cc4)ON3)cc2)N(C(=O)OC(C)(C)C)C1. The molecule has 2 aromatic carbocycles. The zero-order valence-electron chi connectivity index (χ0n) is 23.3. The summed E-state index contributed by atoms with van der Waals surface area (Å²) in [5, 5.41) is 1.84. The number of rotatable bonds is 6. The predicted octanol–water partition coefficient (Wildman–Crippen LogP) is 6.46. The summed E-state index contributed by atoms with van der Waals surface area (Å²) in [5.74, 6) is 1.19. The number of hydrazine groups is 1. The lowest BCUT2D eigenvalue weighted by Gasteiger charge is -2.29. The highest BCUT2D eigenvalue weighted by Crippen LogP contribution is 2.39. The van der Waals surface area contributed by atoms with Crippen molar-refractivity contribution in [3.05, 3.63) is 71.4 Å². The van der Waals surface area contributed by atoms with Crippen molar-refractivity contribution in [2.24, 2.45) is 5.92 Å². The monoisotopic (exact) mass is 533 g/mol. The van der Waals surface area contributed by atoms with E-state index in [4.69, 9.17) is 14.3 Å². The number of methoxy groups -OCH3 is 1. The molecule has 8 nitrogen and oxygen atoms in total. The molecule has 39 heavy (non-hydrogen) atoms. The number of hydrogen-bond acceptors (Lipinski definition) is 7. The van der Waals surface area contributed by atoms with E-state index >= 15 is 0 Å². The fourth-order valence-corrected chi connectivity index (χ4v) is 5.79. The van der Waals surface area contributed by atoms with Gasteiger partial charge in [-0.05, 0) is 75.1 Å². The number of nitrogens with one attached hydrogen (secondary N) is 1. The first kappa shape index (κ1) is 27.1. The number of esters is 1. The molecule has 8 heteroatoms. The summed E-state index contributed by atoms with van der Waals surface area (Å²) in [4.78, 5) is 32.5. The molecule has 1 amide bonds. The van der Waals surface area contributed by atoms with Crippen molar-refractivity contribution >= 4 is 23.5 Å². The molecule has 2 atom stereocenters. The molecular formula is C31H39N3O5. The summed E-state index contributed by atoms with van der Waals surface area (Å²) in [6, 6.07) is 16.5. The van der Waals surface area contributed by atoms with E-state index in [0.717, 1.165) is 22.6 Å². The van der Waals surface area contributed by atoms with Gasteiger partial charge in [-0.1, -0.05) is 54.8 Å². The van der Waals surface area contributed by atoms with Crippen LogP contribution in [0, 0.1) is 5.92 Å². The van der Waals surface area contributed by atoms with Gasteiger partial charge in [0.25, 0.3) is 0 Å². The second kappa shape index (κ2) is 11.3. The Morgan fingerprint density at radius 3 is 2.31 bits per heavy atom. The molecule has 0 bridgehead atoms. The largest absolute Gasteiger partial charge is 0.469 e. The van der Waals surface area contributed by atoms with Crippen LogP contribution in [-0.2, 0) is 19.1 Å². The molecule has 2 unspecified atom stereocenters. The average molecular weight is 534 g/mol. The Balaban J connectivity index is 1.28. The van der Waals surface area contributed by atoms with Gasteiger partial charge in [0, 0.05) is 12.1 Å². The molecule has 1 N–H and O–H groups in total. The van der Waals surface area contributed by atoms with Crippen LogP contribution < -0.4 is 10.6 Å². The van der Waals surface area contributed by atoms with Crippen LogP contribution in [0.1, 0.15) is 87.9 Å². The topological polar surface area (TPSA) is 80.3 Å². The highest BCUT2D eigenvalue weighted by atomic mass is 16.7. The van der Waals surface area contributed by atoms with Crippen LogP contribution in [0.4, 0.5) is 10.5 Å². The molecule has 208 valence electrons. The van der Waals surface area contributed by atoms with Crippen molar-refractivity contribution in [3.63, 3.8) is 0 Å². The maximum absolute atomic E-state index is 13.0. The maximum atomic E-state index is 13.0. The lowest BCUT2D eigenvalue weighted by atomic mass is 9.96. The number of amides is 1. The van der Waals surface area contributed by atoms with Crippen LogP contribution in [0.25, 0.3) is 5.76 Å². The van der Waals surface area contributed by atoms with Gasteiger partial charge in [0.05, 0.1) is 31.5 Å². The Labute approximate surface area is 230 Å². The van der Waals surface area contributed by atoms with Gasteiger partial charge in [0.15, 0.2) is 5.76 Å². The molecule has 2 fully saturated rings. The fourth-order valence-electron chi connectivity index (χ4n) is 5.79. The summed E-state index contributed by atoms with van der Waals surface area (Å²) in [6.07, 6.45) is 7.73. The smallest absolute Gasteiger partial charge is 0.410 e. The summed E-state index contributed by atoms with van der Waals surface area (Å²) in [7, 11) is 1.39. The first-order chi connectivity index (χ1) is 18.7. The Bertz CT molecular complexity index is 1200. The second-order valence-corrected chi connectivity index (χ2v) is 11.8. The number of carbonyl (C=O) groups is 2. The normalized spacial score (nSPS) is 21.6. The van der Waals surface area contributed by atoms with Crippen molar-refractivity contribution in [2.75, 3.05) is 18.7 Å². The molecule has 0 radical (unpaired) electrons. The molecule has 1 saturated heterocycles. The molecule has 5 rings (SSSR count). The summed E-state index contributed by atoms with van der Waals surface area (Å²) in [6.45, 7) is 6.01. The maximum Gasteiger partial charge on any atom is 0.410 e. The zero-order chi connectivity index (χ0) is 27.6. The highest BCUT2D eigenvalue weighted by molar-refractivity contribution is 5.72. The van der Waals surface area contributed by atoms with Crippen LogP contribution in [0.3, 0.4) is 0 Å². The van der Waals surface area contributed by atoms with Crippen molar-refractivity contribution in [3.8, 4) is 0 Å². The van der Waals surface area contributed by atoms with Gasteiger partial charge in [-0.25, -0.2) is 9.80 Å². The Hall–Kier alpha value is -3.52. The van der Waals surface area contributed by atoms with Crippen LogP contribution in [0.15, 0.2) is 54.7 Å². The predicted molar refractivity (Wildman–Crippen MR) is 149 cm³/mol. The van der Waals surface area contributed by atoms with E-state index in [9.17, 15) is 9.59 Å². The zero-order valence-corrected chi connectivity index (χ0v) is 23.3. The van der Waals surface area contributed by atoms with E-state index in [0.29, 0.717) is 18.9 Å². The van der Waals surface area contributed by atoms with E-state index < -0.39 is 5.60 Å². The minimum atomic E-state index is -0.603. The number of ether oxygens (including phenoxy) is 2. The first-order valence-electron chi connectivity index (χ1n) is 13.9. The van der Waals surface area contributed by atoms with Gasteiger partial charge in [-0.15, -0.1) is 0 Å². The van der Waals surface area contributed by atoms with Gasteiger partial charge in [-0.2, -0.15) is 0 Å². The first-order valence-corrected chi connectivity index (χ1v) is 13.9.